The zero-order valence-corrected chi connectivity index (χ0v) is 20.8. The first-order chi connectivity index (χ1) is 17.0. The van der Waals surface area contributed by atoms with Crippen molar-refractivity contribution in [1.82, 2.24) is 4.90 Å². The van der Waals surface area contributed by atoms with E-state index in [1.165, 1.54) is 19.3 Å². The summed E-state index contributed by atoms with van der Waals surface area (Å²) in [6.45, 7) is 3.88. The number of fused-ring (bicyclic) bond motifs is 1. The number of nitrogens with zero attached hydrogens (tertiary/aromatic N) is 1. The normalized spacial score (nSPS) is 19.8. The molecular formula is C29H31ClN2O3. The van der Waals surface area contributed by atoms with E-state index in [-0.39, 0.29) is 17.7 Å². The number of amides is 2. The number of rotatable bonds is 6. The summed E-state index contributed by atoms with van der Waals surface area (Å²) in [5, 5.41) is 3.53. The van der Waals surface area contributed by atoms with Crippen LogP contribution in [-0.2, 0) is 11.2 Å². The van der Waals surface area contributed by atoms with Crippen molar-refractivity contribution in [2.45, 2.75) is 51.4 Å². The van der Waals surface area contributed by atoms with E-state index in [2.05, 4.69) is 12.2 Å². The lowest BCUT2D eigenvalue weighted by atomic mass is 9.96. The maximum absolute atomic E-state index is 13.3. The maximum atomic E-state index is 13.3. The van der Waals surface area contributed by atoms with Crippen LogP contribution in [-0.4, -0.2) is 29.8 Å². The molecule has 0 bridgehead atoms. The van der Waals surface area contributed by atoms with Crippen LogP contribution in [0.5, 0.6) is 0 Å². The van der Waals surface area contributed by atoms with Crippen LogP contribution in [0.25, 0.3) is 11.3 Å². The molecule has 6 heteroatoms. The third-order valence-electron chi connectivity index (χ3n) is 7.26. The fraction of sp³-hybridized carbons (Fsp3) is 0.379. The molecule has 0 radical (unpaired) electrons. The maximum Gasteiger partial charge on any atom is 0.253 e. The summed E-state index contributed by atoms with van der Waals surface area (Å²) in [6.07, 6.45) is 6.27. The van der Waals surface area contributed by atoms with E-state index in [4.69, 9.17) is 16.0 Å². The van der Waals surface area contributed by atoms with Gasteiger partial charge in [0.2, 0.25) is 5.91 Å². The van der Waals surface area contributed by atoms with Gasteiger partial charge in [0.1, 0.15) is 11.5 Å². The van der Waals surface area contributed by atoms with Gasteiger partial charge in [0, 0.05) is 41.3 Å². The standard InChI is InChI=1S/C29H31ClN2O3/c1-2-5-19-6-4-14-32(15-13-19)29(34)21-8-3-7-20(16-21)27-12-10-23(35-27)18-25-24-17-22(30)9-11-26(24)31-28(25)33/h3,7-12,16-17,19,25H,2,4-6,13-15,18H2,1H3,(H,31,33). The number of benzene rings is 2. The van der Waals surface area contributed by atoms with Crippen LogP contribution in [0.3, 0.4) is 0 Å². The lowest BCUT2D eigenvalue weighted by Crippen LogP contribution is -2.32. The van der Waals surface area contributed by atoms with E-state index in [9.17, 15) is 9.59 Å². The molecule has 2 atom stereocenters. The number of hydrogen-bond donors (Lipinski definition) is 1. The van der Waals surface area contributed by atoms with Crippen molar-refractivity contribution in [3.8, 4) is 11.3 Å². The summed E-state index contributed by atoms with van der Waals surface area (Å²) >= 11 is 6.16. The molecule has 182 valence electrons. The van der Waals surface area contributed by atoms with Crippen molar-refractivity contribution in [3.05, 3.63) is 76.5 Å². The Hall–Kier alpha value is -3.05. The summed E-state index contributed by atoms with van der Waals surface area (Å²) < 4.78 is 6.13. The second-order valence-corrected chi connectivity index (χ2v) is 10.1. The first kappa shape index (κ1) is 23.7. The quantitative estimate of drug-likeness (QED) is 0.408. The molecule has 35 heavy (non-hydrogen) atoms. The molecular weight excluding hydrogens is 460 g/mol. The number of furan rings is 1. The highest BCUT2D eigenvalue weighted by Gasteiger charge is 2.31. The first-order valence-corrected chi connectivity index (χ1v) is 13.0. The Morgan fingerprint density at radius 1 is 1.11 bits per heavy atom. The smallest absolute Gasteiger partial charge is 0.253 e. The Bertz CT molecular complexity index is 1230. The van der Waals surface area contributed by atoms with E-state index in [1.807, 2.05) is 53.4 Å². The number of anilines is 1. The molecule has 1 aromatic heterocycles. The summed E-state index contributed by atoms with van der Waals surface area (Å²) in [7, 11) is 0. The molecule has 1 fully saturated rings. The monoisotopic (exact) mass is 490 g/mol. The molecule has 3 heterocycles. The van der Waals surface area contributed by atoms with Crippen LogP contribution in [0.1, 0.15) is 66.6 Å². The molecule has 2 unspecified atom stereocenters. The van der Waals surface area contributed by atoms with Crippen molar-refractivity contribution in [2.75, 3.05) is 18.4 Å². The summed E-state index contributed by atoms with van der Waals surface area (Å²) in [6, 6.07) is 16.9. The molecule has 0 saturated carbocycles. The number of carbonyl (C=O) groups excluding carboxylic acids is 2. The van der Waals surface area contributed by atoms with Crippen molar-refractivity contribution >= 4 is 29.1 Å². The molecule has 2 aromatic carbocycles. The Morgan fingerprint density at radius 3 is 2.86 bits per heavy atom. The Morgan fingerprint density at radius 2 is 2.00 bits per heavy atom. The van der Waals surface area contributed by atoms with Crippen LogP contribution in [0, 0.1) is 5.92 Å². The lowest BCUT2D eigenvalue weighted by Gasteiger charge is -2.21. The van der Waals surface area contributed by atoms with Gasteiger partial charge in [-0.2, -0.15) is 0 Å². The lowest BCUT2D eigenvalue weighted by molar-refractivity contribution is -0.117. The van der Waals surface area contributed by atoms with Gasteiger partial charge in [0.25, 0.3) is 5.91 Å². The van der Waals surface area contributed by atoms with Crippen molar-refractivity contribution in [1.29, 1.82) is 0 Å². The molecule has 3 aromatic rings. The first-order valence-electron chi connectivity index (χ1n) is 12.6. The molecule has 5 rings (SSSR count). The highest BCUT2D eigenvalue weighted by Crippen LogP contribution is 2.37. The fourth-order valence-electron chi connectivity index (χ4n) is 5.40. The van der Waals surface area contributed by atoms with Crippen LogP contribution < -0.4 is 5.32 Å². The Kier molecular flexibility index (Phi) is 6.96. The van der Waals surface area contributed by atoms with Crippen molar-refractivity contribution in [3.63, 3.8) is 0 Å². The SMILES string of the molecule is CCCC1CCCN(C(=O)c2cccc(-c3ccc(CC4C(=O)Nc5ccc(Cl)cc54)o3)c2)CC1. The molecule has 5 nitrogen and oxygen atoms in total. The van der Waals surface area contributed by atoms with Gasteiger partial charge in [-0.1, -0.05) is 43.5 Å². The van der Waals surface area contributed by atoms with Gasteiger partial charge in [-0.15, -0.1) is 0 Å². The van der Waals surface area contributed by atoms with Crippen molar-refractivity contribution < 1.29 is 14.0 Å². The van der Waals surface area contributed by atoms with Gasteiger partial charge in [0.15, 0.2) is 0 Å². The average molecular weight is 491 g/mol. The number of likely N-dealkylation sites (tertiary alicyclic amines) is 1. The fourth-order valence-corrected chi connectivity index (χ4v) is 5.58. The summed E-state index contributed by atoms with van der Waals surface area (Å²) in [5.41, 5.74) is 3.25. The average Bonchev–Trinajstić information content (AvgIpc) is 3.36. The van der Waals surface area contributed by atoms with E-state index >= 15 is 0 Å². The van der Waals surface area contributed by atoms with Gasteiger partial charge < -0.3 is 14.6 Å². The molecule has 2 aliphatic rings. The largest absolute Gasteiger partial charge is 0.461 e. The summed E-state index contributed by atoms with van der Waals surface area (Å²) in [5.74, 6) is 1.85. The Labute approximate surface area is 211 Å². The number of nitrogens with one attached hydrogen (secondary N) is 1. The third-order valence-corrected chi connectivity index (χ3v) is 7.49. The zero-order valence-electron chi connectivity index (χ0n) is 20.1. The minimum Gasteiger partial charge on any atom is -0.461 e. The minimum atomic E-state index is -0.338. The topological polar surface area (TPSA) is 62.6 Å². The molecule has 2 aliphatic heterocycles. The van der Waals surface area contributed by atoms with Gasteiger partial charge >= 0.3 is 0 Å². The Balaban J connectivity index is 1.30. The van der Waals surface area contributed by atoms with E-state index in [0.29, 0.717) is 22.8 Å². The minimum absolute atomic E-state index is 0.0496. The van der Waals surface area contributed by atoms with Gasteiger partial charge in [-0.05, 0) is 73.2 Å². The van der Waals surface area contributed by atoms with Gasteiger partial charge in [0.05, 0.1) is 5.92 Å². The van der Waals surface area contributed by atoms with E-state index in [0.717, 1.165) is 54.4 Å². The second kappa shape index (κ2) is 10.3. The molecule has 0 aliphatic carbocycles. The molecule has 0 spiro atoms. The summed E-state index contributed by atoms with van der Waals surface area (Å²) in [4.78, 5) is 27.8. The molecule has 1 saturated heterocycles. The number of carbonyl (C=O) groups is 2. The molecule has 1 N–H and O–H groups in total. The second-order valence-electron chi connectivity index (χ2n) is 9.70. The van der Waals surface area contributed by atoms with E-state index in [1.54, 1.807) is 6.07 Å². The van der Waals surface area contributed by atoms with Gasteiger partial charge in [-0.3, -0.25) is 9.59 Å². The van der Waals surface area contributed by atoms with Crippen LogP contribution in [0.2, 0.25) is 5.02 Å². The van der Waals surface area contributed by atoms with E-state index < -0.39 is 0 Å². The highest BCUT2D eigenvalue weighted by molar-refractivity contribution is 6.31. The molecule has 2 amide bonds. The predicted octanol–water partition coefficient (Wildman–Crippen LogP) is 6.92. The number of hydrogen-bond acceptors (Lipinski definition) is 3. The zero-order chi connectivity index (χ0) is 24.4. The highest BCUT2D eigenvalue weighted by atomic mass is 35.5. The van der Waals surface area contributed by atoms with Crippen LogP contribution in [0.4, 0.5) is 5.69 Å². The number of halogens is 1. The third kappa shape index (κ3) is 5.15. The predicted molar refractivity (Wildman–Crippen MR) is 139 cm³/mol. The van der Waals surface area contributed by atoms with Gasteiger partial charge in [-0.25, -0.2) is 0 Å². The van der Waals surface area contributed by atoms with Crippen LogP contribution >= 0.6 is 11.6 Å². The van der Waals surface area contributed by atoms with Crippen molar-refractivity contribution in [2.24, 2.45) is 5.92 Å². The van der Waals surface area contributed by atoms with Crippen LogP contribution in [0.15, 0.2) is 59.0 Å².